The van der Waals surface area contributed by atoms with Crippen LogP contribution in [0.1, 0.15) is 26.3 Å². The highest BCUT2D eigenvalue weighted by Crippen LogP contribution is 2.51. The van der Waals surface area contributed by atoms with Crippen LogP contribution in [0, 0.1) is 17.3 Å². The third-order valence-electron chi connectivity index (χ3n) is 7.71. The Hall–Kier alpha value is -3.93. The summed E-state index contributed by atoms with van der Waals surface area (Å²) in [6, 6.07) is 18.0. The van der Waals surface area contributed by atoms with E-state index in [-0.39, 0.29) is 23.6 Å². The number of ether oxygens (including phenoxy) is 1. The molecule has 182 valence electrons. The van der Waals surface area contributed by atoms with Crippen molar-refractivity contribution in [1.29, 1.82) is 0 Å². The van der Waals surface area contributed by atoms with E-state index in [1.807, 2.05) is 98.5 Å². The minimum atomic E-state index is -0.751. The number of amides is 2. The number of anilines is 2. The maximum absolute atomic E-state index is 14.0. The lowest BCUT2D eigenvalue weighted by Gasteiger charge is -2.38. The van der Waals surface area contributed by atoms with Gasteiger partial charge in [0.25, 0.3) is 0 Å². The van der Waals surface area contributed by atoms with E-state index in [1.165, 1.54) is 4.90 Å². The number of carbonyl (C=O) groups is 3. The van der Waals surface area contributed by atoms with Gasteiger partial charge in [-0.1, -0.05) is 63.3 Å². The molecule has 4 atom stereocenters. The fraction of sp³-hybridized carbons (Fsp3) is 0.300. The molecule has 0 N–H and O–H groups in total. The second-order valence-electron chi connectivity index (χ2n) is 10.8. The number of ketones is 1. The van der Waals surface area contributed by atoms with Gasteiger partial charge in [-0.05, 0) is 41.1 Å². The Morgan fingerprint density at radius 3 is 2.33 bits per heavy atom. The van der Waals surface area contributed by atoms with Gasteiger partial charge in [0.2, 0.25) is 11.8 Å². The van der Waals surface area contributed by atoms with Gasteiger partial charge < -0.3 is 9.64 Å². The van der Waals surface area contributed by atoms with Gasteiger partial charge in [-0.15, -0.1) is 0 Å². The lowest BCUT2D eigenvalue weighted by Crippen LogP contribution is -2.51. The quantitative estimate of drug-likeness (QED) is 0.501. The standard InChI is InChI=1S/C30H28N2O4/c1-30(2,3)27(33)26-25-24(23-13-10-19-16-21(36-4)12-14-22(19)32(23)26)28(34)31(29(25)35)20-11-9-17-7-5-6-8-18(17)15-20/h5-16,23-26H,1-4H3/t23-,24-,25-,26+/m1/s1. The summed E-state index contributed by atoms with van der Waals surface area (Å²) in [7, 11) is 1.61. The van der Waals surface area contributed by atoms with Crippen molar-refractivity contribution >= 4 is 45.8 Å². The average molecular weight is 481 g/mol. The lowest BCUT2D eigenvalue weighted by molar-refractivity contribution is -0.132. The van der Waals surface area contributed by atoms with E-state index in [9.17, 15) is 14.4 Å². The molecule has 0 bridgehead atoms. The summed E-state index contributed by atoms with van der Waals surface area (Å²) < 4.78 is 5.39. The fourth-order valence-electron chi connectivity index (χ4n) is 5.99. The van der Waals surface area contributed by atoms with Crippen LogP contribution in [0.5, 0.6) is 5.75 Å². The lowest BCUT2D eigenvalue weighted by atomic mass is 9.79. The summed E-state index contributed by atoms with van der Waals surface area (Å²) in [5.41, 5.74) is 1.62. The molecular weight excluding hydrogens is 452 g/mol. The van der Waals surface area contributed by atoms with Crippen molar-refractivity contribution in [2.24, 2.45) is 17.3 Å². The monoisotopic (exact) mass is 480 g/mol. The molecule has 3 aliphatic rings. The first-order chi connectivity index (χ1) is 17.2. The normalized spacial score (nSPS) is 24.7. The zero-order valence-corrected chi connectivity index (χ0v) is 20.8. The van der Waals surface area contributed by atoms with Crippen molar-refractivity contribution in [3.8, 4) is 5.75 Å². The van der Waals surface area contributed by atoms with Crippen LogP contribution < -0.4 is 14.5 Å². The van der Waals surface area contributed by atoms with Gasteiger partial charge in [0.15, 0.2) is 5.78 Å². The van der Waals surface area contributed by atoms with Gasteiger partial charge in [0.05, 0.1) is 30.7 Å². The van der Waals surface area contributed by atoms with Crippen LogP contribution in [-0.4, -0.2) is 36.8 Å². The Labute approximate surface area is 210 Å². The number of fused-ring (bicyclic) bond motifs is 6. The van der Waals surface area contributed by atoms with Crippen LogP contribution in [-0.2, 0) is 14.4 Å². The molecule has 36 heavy (non-hydrogen) atoms. The van der Waals surface area contributed by atoms with E-state index in [0.29, 0.717) is 11.4 Å². The van der Waals surface area contributed by atoms with Crippen molar-refractivity contribution in [2.45, 2.75) is 32.9 Å². The zero-order valence-electron chi connectivity index (χ0n) is 20.8. The molecule has 0 spiro atoms. The van der Waals surface area contributed by atoms with Crippen LogP contribution >= 0.6 is 0 Å². The Morgan fingerprint density at radius 1 is 0.889 bits per heavy atom. The van der Waals surface area contributed by atoms with Crippen molar-refractivity contribution < 1.29 is 19.1 Å². The number of hydrogen-bond donors (Lipinski definition) is 0. The molecule has 3 aliphatic heterocycles. The SMILES string of the molecule is COc1ccc2c(c1)C=C[C@@H]1[C@H]3C(=O)N(c4ccc5ccccc5c4)C(=O)[C@H]3[C@@H](C(=O)C(C)(C)C)N21. The second-order valence-corrected chi connectivity index (χ2v) is 10.8. The van der Waals surface area contributed by atoms with E-state index >= 15 is 0 Å². The van der Waals surface area contributed by atoms with Crippen molar-refractivity contribution in [1.82, 2.24) is 0 Å². The van der Waals surface area contributed by atoms with Crippen LogP contribution in [0.25, 0.3) is 16.8 Å². The average Bonchev–Trinajstić information content (AvgIpc) is 3.34. The van der Waals surface area contributed by atoms with Gasteiger partial charge >= 0.3 is 0 Å². The van der Waals surface area contributed by atoms with E-state index in [4.69, 9.17) is 4.74 Å². The summed E-state index contributed by atoms with van der Waals surface area (Å²) in [5, 5.41) is 1.99. The molecule has 0 aromatic heterocycles. The van der Waals surface area contributed by atoms with E-state index in [1.54, 1.807) is 7.11 Å². The Kier molecular flexibility index (Phi) is 4.87. The maximum Gasteiger partial charge on any atom is 0.240 e. The molecule has 2 saturated heterocycles. The van der Waals surface area contributed by atoms with Crippen molar-refractivity contribution in [3.05, 3.63) is 72.3 Å². The van der Waals surface area contributed by atoms with E-state index in [0.717, 1.165) is 22.0 Å². The number of rotatable bonds is 3. The molecule has 6 rings (SSSR count). The molecule has 3 aromatic rings. The molecule has 0 aliphatic carbocycles. The number of hydrogen-bond acceptors (Lipinski definition) is 5. The molecule has 3 aromatic carbocycles. The number of benzene rings is 3. The first-order valence-corrected chi connectivity index (χ1v) is 12.3. The van der Waals surface area contributed by atoms with Crippen molar-refractivity contribution in [3.63, 3.8) is 0 Å². The fourth-order valence-corrected chi connectivity index (χ4v) is 5.99. The summed E-state index contributed by atoms with van der Waals surface area (Å²) in [5.74, 6) is -1.27. The van der Waals surface area contributed by atoms with Crippen LogP contribution in [0.3, 0.4) is 0 Å². The van der Waals surface area contributed by atoms with Gasteiger partial charge in [-0.3, -0.25) is 14.4 Å². The Balaban J connectivity index is 1.48. The number of nitrogens with zero attached hydrogens (tertiary/aromatic N) is 2. The predicted octanol–water partition coefficient (Wildman–Crippen LogP) is 4.85. The molecule has 6 nitrogen and oxygen atoms in total. The Bertz CT molecular complexity index is 1470. The highest BCUT2D eigenvalue weighted by Gasteiger charge is 2.65. The summed E-state index contributed by atoms with van der Waals surface area (Å²) in [6.07, 6.45) is 3.93. The highest BCUT2D eigenvalue weighted by atomic mass is 16.5. The smallest absolute Gasteiger partial charge is 0.240 e. The third kappa shape index (κ3) is 3.13. The number of methoxy groups -OCH3 is 1. The maximum atomic E-state index is 14.0. The van der Waals surface area contributed by atoms with Crippen LogP contribution in [0.15, 0.2) is 66.7 Å². The summed E-state index contributed by atoms with van der Waals surface area (Å²) in [4.78, 5) is 45.2. The van der Waals surface area contributed by atoms with E-state index in [2.05, 4.69) is 0 Å². The molecule has 3 heterocycles. The van der Waals surface area contributed by atoms with Gasteiger partial charge in [0.1, 0.15) is 11.8 Å². The van der Waals surface area contributed by atoms with Gasteiger partial charge in [-0.25, -0.2) is 4.90 Å². The number of imide groups is 1. The first-order valence-electron chi connectivity index (χ1n) is 12.3. The number of Topliss-reactive ketones (excluding diaryl/α,β-unsaturated/α-hetero) is 1. The summed E-state index contributed by atoms with van der Waals surface area (Å²) >= 11 is 0. The topological polar surface area (TPSA) is 66.9 Å². The minimum absolute atomic E-state index is 0.0430. The molecular formula is C30H28N2O4. The molecule has 0 unspecified atom stereocenters. The molecule has 6 heteroatoms. The van der Waals surface area contributed by atoms with Gasteiger partial charge in [-0.2, -0.15) is 0 Å². The number of carbonyl (C=O) groups excluding carboxylic acids is 3. The zero-order chi connectivity index (χ0) is 25.4. The summed E-state index contributed by atoms with van der Waals surface area (Å²) in [6.45, 7) is 5.61. The molecule has 2 amide bonds. The molecule has 0 saturated carbocycles. The largest absolute Gasteiger partial charge is 0.497 e. The molecule has 2 fully saturated rings. The first kappa shape index (κ1) is 22.5. The Morgan fingerprint density at radius 2 is 1.61 bits per heavy atom. The van der Waals surface area contributed by atoms with Gasteiger partial charge in [0, 0.05) is 16.7 Å². The van der Waals surface area contributed by atoms with Crippen molar-refractivity contribution in [2.75, 3.05) is 16.9 Å². The second kappa shape index (κ2) is 7.79. The van der Waals surface area contributed by atoms with Crippen LogP contribution in [0.2, 0.25) is 0 Å². The van der Waals surface area contributed by atoms with Crippen LogP contribution in [0.4, 0.5) is 11.4 Å². The minimum Gasteiger partial charge on any atom is -0.497 e. The third-order valence-corrected chi connectivity index (χ3v) is 7.71. The highest BCUT2D eigenvalue weighted by molar-refractivity contribution is 6.25. The molecule has 0 radical (unpaired) electrons. The van der Waals surface area contributed by atoms with E-state index < -0.39 is 23.3 Å². The predicted molar refractivity (Wildman–Crippen MR) is 140 cm³/mol.